The molecule has 1 amide bonds. The average molecular weight is 439 g/mol. The molecule has 0 spiro atoms. The van der Waals surface area contributed by atoms with Crippen LogP contribution in [0.5, 0.6) is 5.75 Å². The number of rotatable bonds is 6. The summed E-state index contributed by atoms with van der Waals surface area (Å²) in [5.41, 5.74) is 2.97. The molecule has 0 aromatic heterocycles. The first kappa shape index (κ1) is 20.8. The molecule has 0 bridgehead atoms. The molecule has 5 heteroatoms. The van der Waals surface area contributed by atoms with Gasteiger partial charge in [-0.1, -0.05) is 44.5 Å². The summed E-state index contributed by atoms with van der Waals surface area (Å²) in [5, 5.41) is 3.54. The van der Waals surface area contributed by atoms with Crippen molar-refractivity contribution in [2.45, 2.75) is 46.0 Å². The minimum atomic E-state index is -0.0406. The zero-order valence-corrected chi connectivity index (χ0v) is 18.0. The molecule has 3 nitrogen and oxygen atoms in total. The zero-order valence-electron chi connectivity index (χ0n) is 15.7. The number of nitrogens with one attached hydrogen (secondary N) is 1. The molecule has 0 fully saturated rings. The second kappa shape index (κ2) is 8.92. The maximum Gasteiger partial charge on any atom is 0.224 e. The molecule has 0 aliphatic heterocycles. The highest BCUT2D eigenvalue weighted by Gasteiger charge is 2.15. The summed E-state index contributed by atoms with van der Waals surface area (Å²) in [7, 11) is 0. The van der Waals surface area contributed by atoms with Gasteiger partial charge in [-0.05, 0) is 70.1 Å². The number of carbonyl (C=O) groups is 1. The third kappa shape index (κ3) is 5.75. The molecule has 2 aromatic rings. The minimum Gasteiger partial charge on any atom is -0.492 e. The van der Waals surface area contributed by atoms with Gasteiger partial charge >= 0.3 is 0 Å². The van der Waals surface area contributed by atoms with Gasteiger partial charge in [-0.3, -0.25) is 4.79 Å². The number of carbonyl (C=O) groups excluding carboxylic acids is 1. The van der Waals surface area contributed by atoms with E-state index in [1.807, 2.05) is 31.2 Å². The maximum atomic E-state index is 12.1. The molecule has 1 N–H and O–H groups in total. The highest BCUT2D eigenvalue weighted by Crippen LogP contribution is 2.31. The second-order valence-electron chi connectivity index (χ2n) is 7.31. The normalized spacial score (nSPS) is 11.3. The summed E-state index contributed by atoms with van der Waals surface area (Å²) in [6, 6.07) is 11.6. The fourth-order valence-electron chi connectivity index (χ4n) is 2.45. The summed E-state index contributed by atoms with van der Waals surface area (Å²) < 4.78 is 6.73. The number of amides is 1. The first-order chi connectivity index (χ1) is 12.2. The Bertz CT molecular complexity index is 784. The third-order valence-electron chi connectivity index (χ3n) is 4.15. The van der Waals surface area contributed by atoms with Gasteiger partial charge in [0.2, 0.25) is 5.91 Å². The Kier molecular flexibility index (Phi) is 7.13. The number of ether oxygens (including phenoxy) is 1. The van der Waals surface area contributed by atoms with Crippen LogP contribution in [0, 0.1) is 6.92 Å². The van der Waals surface area contributed by atoms with Crippen molar-refractivity contribution in [3.8, 4) is 5.75 Å². The van der Waals surface area contributed by atoms with E-state index in [1.165, 1.54) is 5.56 Å². The van der Waals surface area contributed by atoms with Crippen LogP contribution < -0.4 is 10.1 Å². The van der Waals surface area contributed by atoms with Crippen LogP contribution in [0.25, 0.3) is 0 Å². The Balaban J connectivity index is 1.81. The predicted octanol–water partition coefficient (Wildman–Crippen LogP) is 6.51. The van der Waals surface area contributed by atoms with Gasteiger partial charge in [0.05, 0.1) is 11.1 Å². The Morgan fingerprint density at radius 1 is 1.23 bits per heavy atom. The Morgan fingerprint density at radius 2 is 1.96 bits per heavy atom. The minimum absolute atomic E-state index is 0.0406. The maximum absolute atomic E-state index is 12.1. The fraction of sp³-hybridized carbons (Fsp3) is 0.381. The molecule has 0 radical (unpaired) electrons. The van der Waals surface area contributed by atoms with E-state index < -0.39 is 0 Å². The largest absolute Gasteiger partial charge is 0.492 e. The lowest BCUT2D eigenvalue weighted by atomic mass is 9.87. The zero-order chi connectivity index (χ0) is 19.3. The summed E-state index contributed by atoms with van der Waals surface area (Å²) in [4.78, 5) is 12.1. The van der Waals surface area contributed by atoms with Crippen molar-refractivity contribution in [1.82, 2.24) is 0 Å². The third-order valence-corrected chi connectivity index (χ3v) is 5.17. The van der Waals surface area contributed by atoms with Crippen LogP contribution in [-0.2, 0) is 10.2 Å². The molecule has 0 saturated carbocycles. The first-order valence-corrected chi connectivity index (χ1v) is 9.83. The lowest BCUT2D eigenvalue weighted by molar-refractivity contribution is -0.116. The van der Waals surface area contributed by atoms with E-state index in [1.54, 1.807) is 0 Å². The molecule has 0 aliphatic rings. The van der Waals surface area contributed by atoms with Gasteiger partial charge in [0, 0.05) is 17.1 Å². The molecule has 0 heterocycles. The van der Waals surface area contributed by atoms with Crippen molar-refractivity contribution < 1.29 is 9.53 Å². The molecule has 2 rings (SSSR count). The van der Waals surface area contributed by atoms with E-state index in [2.05, 4.69) is 54.2 Å². The van der Waals surface area contributed by atoms with Crippen molar-refractivity contribution in [1.29, 1.82) is 0 Å². The lowest BCUT2D eigenvalue weighted by Crippen LogP contribution is -2.14. The predicted molar refractivity (Wildman–Crippen MR) is 112 cm³/mol. The SMILES string of the molecule is Cc1c(Cl)cccc1NC(=O)CCCOc1ccc(C(C)(C)C)cc1Br. The average Bonchev–Trinajstić information content (AvgIpc) is 2.56. The molecule has 26 heavy (non-hydrogen) atoms. The molecular weight excluding hydrogens is 414 g/mol. The Labute approximate surface area is 169 Å². The molecule has 140 valence electrons. The smallest absolute Gasteiger partial charge is 0.224 e. The molecule has 0 unspecified atom stereocenters. The van der Waals surface area contributed by atoms with Crippen molar-refractivity contribution in [3.63, 3.8) is 0 Å². The van der Waals surface area contributed by atoms with Crippen LogP contribution >= 0.6 is 27.5 Å². The van der Waals surface area contributed by atoms with Crippen molar-refractivity contribution in [2.24, 2.45) is 0 Å². The number of halogens is 2. The van der Waals surface area contributed by atoms with Crippen LogP contribution in [0.15, 0.2) is 40.9 Å². The lowest BCUT2D eigenvalue weighted by Gasteiger charge is -2.20. The summed E-state index contributed by atoms with van der Waals surface area (Å²) in [6.45, 7) is 8.90. The van der Waals surface area contributed by atoms with E-state index >= 15 is 0 Å². The monoisotopic (exact) mass is 437 g/mol. The van der Waals surface area contributed by atoms with Crippen molar-refractivity contribution in [2.75, 3.05) is 11.9 Å². The van der Waals surface area contributed by atoms with E-state index in [9.17, 15) is 4.79 Å². The molecule has 0 aliphatic carbocycles. The summed E-state index contributed by atoms with van der Waals surface area (Å²) in [6.07, 6.45) is 1.03. The first-order valence-electron chi connectivity index (χ1n) is 8.66. The van der Waals surface area contributed by atoms with Crippen LogP contribution in [0.2, 0.25) is 5.02 Å². The summed E-state index contributed by atoms with van der Waals surface area (Å²) in [5.74, 6) is 0.755. The number of hydrogen-bond acceptors (Lipinski definition) is 2. The quantitative estimate of drug-likeness (QED) is 0.522. The molecule has 0 saturated heterocycles. The molecule has 0 atom stereocenters. The topological polar surface area (TPSA) is 38.3 Å². The van der Waals surface area contributed by atoms with Crippen LogP contribution in [-0.4, -0.2) is 12.5 Å². The van der Waals surface area contributed by atoms with Gasteiger partial charge in [0.15, 0.2) is 0 Å². The Morgan fingerprint density at radius 3 is 2.62 bits per heavy atom. The number of anilines is 1. The van der Waals surface area contributed by atoms with Crippen LogP contribution in [0.4, 0.5) is 5.69 Å². The molecular formula is C21H25BrClNO2. The van der Waals surface area contributed by atoms with E-state index in [0.29, 0.717) is 24.5 Å². The summed E-state index contributed by atoms with van der Waals surface area (Å²) >= 11 is 9.63. The van der Waals surface area contributed by atoms with E-state index in [4.69, 9.17) is 16.3 Å². The van der Waals surface area contributed by atoms with Gasteiger partial charge < -0.3 is 10.1 Å². The van der Waals surface area contributed by atoms with Gasteiger partial charge in [0.1, 0.15) is 5.75 Å². The van der Waals surface area contributed by atoms with Gasteiger partial charge in [-0.2, -0.15) is 0 Å². The van der Waals surface area contributed by atoms with Gasteiger partial charge in [-0.15, -0.1) is 0 Å². The van der Waals surface area contributed by atoms with Gasteiger partial charge in [0.25, 0.3) is 0 Å². The fourth-order valence-corrected chi connectivity index (χ4v) is 3.12. The van der Waals surface area contributed by atoms with E-state index in [0.717, 1.165) is 21.5 Å². The number of hydrogen-bond donors (Lipinski definition) is 1. The highest BCUT2D eigenvalue weighted by atomic mass is 79.9. The number of benzene rings is 2. The van der Waals surface area contributed by atoms with Crippen LogP contribution in [0.1, 0.15) is 44.7 Å². The van der Waals surface area contributed by atoms with Gasteiger partial charge in [-0.25, -0.2) is 0 Å². The highest BCUT2D eigenvalue weighted by molar-refractivity contribution is 9.10. The van der Waals surface area contributed by atoms with Crippen LogP contribution in [0.3, 0.4) is 0 Å². The second-order valence-corrected chi connectivity index (χ2v) is 8.57. The molecule has 2 aromatic carbocycles. The van der Waals surface area contributed by atoms with Crippen molar-refractivity contribution >= 4 is 39.1 Å². The standard InChI is InChI=1S/C21H25BrClNO2/c1-14-17(23)7-5-8-18(14)24-20(25)9-6-12-26-19-11-10-15(13-16(19)22)21(2,3)4/h5,7-8,10-11,13H,6,9,12H2,1-4H3,(H,24,25). The van der Waals surface area contributed by atoms with Crippen molar-refractivity contribution in [3.05, 3.63) is 57.0 Å². The van der Waals surface area contributed by atoms with E-state index in [-0.39, 0.29) is 11.3 Å². The Hall–Kier alpha value is -1.52.